The summed E-state index contributed by atoms with van der Waals surface area (Å²) in [5, 5.41) is 14.4. The maximum absolute atomic E-state index is 10.3. The third-order valence-corrected chi connectivity index (χ3v) is 2.04. The van der Waals surface area contributed by atoms with E-state index in [9.17, 15) is 10.1 Å². The van der Waals surface area contributed by atoms with Crippen LogP contribution in [0.15, 0.2) is 24.7 Å². The number of aromatic nitrogens is 4. The van der Waals surface area contributed by atoms with E-state index in [4.69, 9.17) is 11.6 Å². The monoisotopic (exact) mass is 239 g/mol. The summed E-state index contributed by atoms with van der Waals surface area (Å²) in [4.78, 5) is 17.1. The quantitative estimate of drug-likeness (QED) is 0.457. The maximum atomic E-state index is 10.3. The van der Waals surface area contributed by atoms with Crippen molar-refractivity contribution in [1.29, 1.82) is 0 Å². The lowest BCUT2D eigenvalue weighted by Crippen LogP contribution is -2.01. The Morgan fingerprint density at radius 3 is 2.81 bits per heavy atom. The normalized spacial score (nSPS) is 10.3. The molecule has 0 aromatic carbocycles. The Morgan fingerprint density at radius 1 is 1.44 bits per heavy atom. The van der Waals surface area contributed by atoms with Gasteiger partial charge < -0.3 is 10.1 Å². The molecule has 2 rings (SSSR count). The van der Waals surface area contributed by atoms with E-state index in [1.54, 1.807) is 18.3 Å². The summed E-state index contributed by atoms with van der Waals surface area (Å²) in [5.41, 5.74) is 0.837. The largest absolute Gasteiger partial charge is 0.490 e. The third-order valence-electron chi connectivity index (χ3n) is 1.82. The second-order valence-corrected chi connectivity index (χ2v) is 3.38. The van der Waals surface area contributed by atoms with Crippen LogP contribution in [0.4, 0.5) is 5.95 Å². The van der Waals surface area contributed by atoms with Crippen molar-refractivity contribution in [3.05, 3.63) is 45.5 Å². The standard InChI is InChI=1S/C8H6ClN5O2/c9-7-2-1-6(3-10-7)4-13-5-11-8(12-13)14(15)16/h1-3,5H,4H2. The molecule has 0 aliphatic heterocycles. The molecule has 0 saturated heterocycles. The Morgan fingerprint density at radius 2 is 2.25 bits per heavy atom. The summed E-state index contributed by atoms with van der Waals surface area (Å²) in [6, 6.07) is 3.41. The van der Waals surface area contributed by atoms with Crippen LogP contribution >= 0.6 is 11.6 Å². The van der Waals surface area contributed by atoms with E-state index in [2.05, 4.69) is 15.1 Å². The highest BCUT2D eigenvalue weighted by molar-refractivity contribution is 6.29. The molecule has 0 bridgehead atoms. The Kier molecular flexibility index (Phi) is 2.78. The van der Waals surface area contributed by atoms with Gasteiger partial charge in [-0.1, -0.05) is 22.7 Å². The molecule has 0 atom stereocenters. The topological polar surface area (TPSA) is 86.7 Å². The Labute approximate surface area is 94.9 Å². The van der Waals surface area contributed by atoms with Crippen LogP contribution in [0.25, 0.3) is 0 Å². The zero-order valence-corrected chi connectivity index (χ0v) is 8.70. The summed E-state index contributed by atoms with van der Waals surface area (Å²) >= 11 is 5.63. The van der Waals surface area contributed by atoms with Gasteiger partial charge in [0.15, 0.2) is 0 Å². The molecule has 2 aromatic rings. The molecule has 16 heavy (non-hydrogen) atoms. The van der Waals surface area contributed by atoms with Crippen LogP contribution in [0.2, 0.25) is 5.15 Å². The summed E-state index contributed by atoms with van der Waals surface area (Å²) in [7, 11) is 0. The number of nitrogens with zero attached hydrogens (tertiary/aromatic N) is 5. The molecule has 2 heterocycles. The molecule has 7 nitrogen and oxygen atoms in total. The molecule has 0 aliphatic carbocycles. The van der Waals surface area contributed by atoms with Crippen molar-refractivity contribution in [3.63, 3.8) is 0 Å². The average Bonchev–Trinajstić information content (AvgIpc) is 2.70. The lowest BCUT2D eigenvalue weighted by atomic mass is 10.3. The first-order chi connectivity index (χ1) is 7.65. The molecular weight excluding hydrogens is 234 g/mol. The summed E-state index contributed by atoms with van der Waals surface area (Å²) < 4.78 is 1.36. The highest BCUT2D eigenvalue weighted by Gasteiger charge is 2.12. The molecule has 0 radical (unpaired) electrons. The fourth-order valence-electron chi connectivity index (χ4n) is 1.13. The van der Waals surface area contributed by atoms with Crippen molar-refractivity contribution in [3.8, 4) is 0 Å². The minimum absolute atomic E-state index is 0.366. The SMILES string of the molecule is O=[N+]([O-])c1ncn(Cc2ccc(Cl)nc2)n1. The van der Waals surface area contributed by atoms with Gasteiger partial charge in [-0.25, -0.2) is 4.98 Å². The van der Waals surface area contributed by atoms with Gasteiger partial charge in [-0.2, -0.15) is 4.68 Å². The van der Waals surface area contributed by atoms with E-state index in [0.29, 0.717) is 11.7 Å². The fraction of sp³-hybridized carbons (Fsp3) is 0.125. The lowest BCUT2D eigenvalue weighted by molar-refractivity contribution is -0.394. The smallest absolute Gasteiger partial charge is 0.390 e. The number of rotatable bonds is 3. The van der Waals surface area contributed by atoms with Gasteiger partial charge >= 0.3 is 5.95 Å². The molecular formula is C8H6ClN5O2. The number of hydrogen-bond acceptors (Lipinski definition) is 5. The van der Waals surface area contributed by atoms with E-state index >= 15 is 0 Å². The van der Waals surface area contributed by atoms with Gasteiger partial charge in [0.1, 0.15) is 5.15 Å². The zero-order chi connectivity index (χ0) is 11.5. The minimum Gasteiger partial charge on any atom is -0.390 e. The second kappa shape index (κ2) is 4.23. The first-order valence-corrected chi connectivity index (χ1v) is 4.67. The van der Waals surface area contributed by atoms with Crippen LogP contribution < -0.4 is 0 Å². The van der Waals surface area contributed by atoms with Gasteiger partial charge in [-0.15, -0.1) is 0 Å². The molecule has 0 fully saturated rings. The molecule has 0 amide bonds. The second-order valence-electron chi connectivity index (χ2n) is 2.99. The zero-order valence-electron chi connectivity index (χ0n) is 7.95. The molecule has 0 saturated carbocycles. The predicted octanol–water partition coefficient (Wildman–Crippen LogP) is 1.28. The first kappa shape index (κ1) is 10.5. The number of halogens is 1. The van der Waals surface area contributed by atoms with Gasteiger partial charge in [0, 0.05) is 11.3 Å². The molecule has 82 valence electrons. The summed E-state index contributed by atoms with van der Waals surface area (Å²) in [5.74, 6) is -0.415. The number of pyridine rings is 1. The fourth-order valence-corrected chi connectivity index (χ4v) is 1.24. The van der Waals surface area contributed by atoms with Crippen molar-refractivity contribution in [2.45, 2.75) is 6.54 Å². The van der Waals surface area contributed by atoms with Gasteiger partial charge in [0.05, 0.1) is 6.54 Å². The first-order valence-electron chi connectivity index (χ1n) is 4.29. The van der Waals surface area contributed by atoms with E-state index in [1.165, 1.54) is 11.0 Å². The van der Waals surface area contributed by atoms with E-state index in [1.807, 2.05) is 0 Å². The Hall–Kier alpha value is -2.02. The third kappa shape index (κ3) is 2.31. The van der Waals surface area contributed by atoms with Gasteiger partial charge in [-0.3, -0.25) is 0 Å². The van der Waals surface area contributed by atoms with Crippen LogP contribution in [-0.4, -0.2) is 24.7 Å². The predicted molar refractivity (Wildman–Crippen MR) is 55.0 cm³/mol. The number of hydrogen-bond donors (Lipinski definition) is 0. The van der Waals surface area contributed by atoms with Crippen LogP contribution in [0.3, 0.4) is 0 Å². The van der Waals surface area contributed by atoms with Gasteiger partial charge in [0.25, 0.3) is 0 Å². The minimum atomic E-state index is -0.642. The van der Waals surface area contributed by atoms with Crippen LogP contribution in [0, 0.1) is 10.1 Å². The van der Waals surface area contributed by atoms with Crippen molar-refractivity contribution in [1.82, 2.24) is 19.7 Å². The van der Waals surface area contributed by atoms with Crippen LogP contribution in [0.1, 0.15) is 5.56 Å². The molecule has 0 aliphatic rings. The van der Waals surface area contributed by atoms with E-state index in [0.717, 1.165) is 5.56 Å². The van der Waals surface area contributed by atoms with Crippen molar-refractivity contribution >= 4 is 17.5 Å². The summed E-state index contributed by atoms with van der Waals surface area (Å²) in [6.45, 7) is 0.366. The van der Waals surface area contributed by atoms with Gasteiger partial charge in [0.2, 0.25) is 6.33 Å². The molecule has 2 aromatic heterocycles. The summed E-state index contributed by atoms with van der Waals surface area (Å²) in [6.07, 6.45) is 2.88. The lowest BCUT2D eigenvalue weighted by Gasteiger charge is -1.96. The van der Waals surface area contributed by atoms with Crippen molar-refractivity contribution < 1.29 is 4.92 Å². The van der Waals surface area contributed by atoms with E-state index in [-0.39, 0.29) is 0 Å². The average molecular weight is 240 g/mol. The van der Waals surface area contributed by atoms with Crippen molar-refractivity contribution in [2.24, 2.45) is 0 Å². The molecule has 0 N–H and O–H groups in total. The van der Waals surface area contributed by atoms with Gasteiger partial charge in [-0.05, 0) is 16.6 Å². The Balaban J connectivity index is 2.14. The highest BCUT2D eigenvalue weighted by Crippen LogP contribution is 2.07. The molecule has 0 unspecified atom stereocenters. The highest BCUT2D eigenvalue weighted by atomic mass is 35.5. The van der Waals surface area contributed by atoms with E-state index < -0.39 is 10.9 Å². The van der Waals surface area contributed by atoms with Crippen LogP contribution in [-0.2, 0) is 6.54 Å². The maximum Gasteiger partial charge on any atom is 0.490 e. The van der Waals surface area contributed by atoms with Crippen LogP contribution in [0.5, 0.6) is 0 Å². The number of nitro groups is 1. The molecule has 0 spiro atoms. The Bertz CT molecular complexity index is 509. The van der Waals surface area contributed by atoms with Crippen molar-refractivity contribution in [2.75, 3.05) is 0 Å². The molecule has 8 heteroatoms.